The van der Waals surface area contributed by atoms with Crippen molar-refractivity contribution in [2.24, 2.45) is 4.99 Å². The fraction of sp³-hybridized carbons (Fsp3) is 0.176. The molecule has 2 aromatic carbocycles. The zero-order chi connectivity index (χ0) is 17.1. The lowest BCUT2D eigenvalue weighted by molar-refractivity contribution is 0.0860. The number of carbonyl (C=O) groups is 1. The highest BCUT2D eigenvalue weighted by atomic mass is 79.9. The molecule has 0 unspecified atom stereocenters. The molecule has 3 rings (SSSR count). The smallest absolute Gasteiger partial charge is 0.261 e. The Hall–Kier alpha value is -1.37. The molecule has 0 saturated carbocycles. The summed E-state index contributed by atoms with van der Waals surface area (Å²) in [5.41, 5.74) is 1.00. The second-order valence-corrected chi connectivity index (χ2v) is 7.29. The Balaban J connectivity index is 1.75. The molecule has 2 aromatic rings. The van der Waals surface area contributed by atoms with Gasteiger partial charge in [0.15, 0.2) is 5.17 Å². The van der Waals surface area contributed by atoms with E-state index in [4.69, 9.17) is 11.6 Å². The molecule has 0 spiro atoms. The van der Waals surface area contributed by atoms with Gasteiger partial charge < -0.3 is 0 Å². The highest BCUT2D eigenvalue weighted by Gasteiger charge is 2.26. The van der Waals surface area contributed by atoms with E-state index in [1.54, 1.807) is 23.1 Å². The Bertz CT molecular complexity index is 795. The number of rotatable bonds is 3. The maximum absolute atomic E-state index is 13.9. The molecule has 1 heterocycles. The highest BCUT2D eigenvalue weighted by Crippen LogP contribution is 2.28. The van der Waals surface area contributed by atoms with Crippen LogP contribution in [-0.4, -0.2) is 29.1 Å². The topological polar surface area (TPSA) is 32.7 Å². The number of thioether (sulfide) groups is 1. The third kappa shape index (κ3) is 3.66. The standard InChI is InChI=1S/C17H13BrClFN2OS/c18-13-5-2-1-4-11(13)16(23)22-9-8-21-17(22)24-10-12-14(19)6-3-7-15(12)20/h1-7H,8-10H2. The van der Waals surface area contributed by atoms with Crippen LogP contribution in [0.3, 0.4) is 0 Å². The van der Waals surface area contributed by atoms with Crippen molar-refractivity contribution in [3.05, 3.63) is 68.9 Å². The van der Waals surface area contributed by atoms with Crippen LogP contribution in [0.25, 0.3) is 0 Å². The molecule has 0 atom stereocenters. The summed E-state index contributed by atoms with van der Waals surface area (Å²) < 4.78 is 14.6. The normalized spacial score (nSPS) is 14.0. The summed E-state index contributed by atoms with van der Waals surface area (Å²) >= 11 is 10.8. The molecule has 0 bridgehead atoms. The van der Waals surface area contributed by atoms with Crippen LogP contribution in [0.2, 0.25) is 5.02 Å². The van der Waals surface area contributed by atoms with E-state index in [9.17, 15) is 9.18 Å². The minimum absolute atomic E-state index is 0.120. The minimum Gasteiger partial charge on any atom is -0.286 e. The molecule has 0 radical (unpaired) electrons. The van der Waals surface area contributed by atoms with Gasteiger partial charge in [0.05, 0.1) is 12.1 Å². The maximum Gasteiger partial charge on any atom is 0.261 e. The molecule has 3 nitrogen and oxygen atoms in total. The molecule has 24 heavy (non-hydrogen) atoms. The van der Waals surface area contributed by atoms with Gasteiger partial charge in [0.2, 0.25) is 0 Å². The van der Waals surface area contributed by atoms with Gasteiger partial charge in [0.1, 0.15) is 5.82 Å². The predicted octanol–water partition coefficient (Wildman–Crippen LogP) is 4.99. The van der Waals surface area contributed by atoms with Crippen molar-refractivity contribution in [1.82, 2.24) is 4.90 Å². The van der Waals surface area contributed by atoms with Gasteiger partial charge in [-0.15, -0.1) is 0 Å². The molecule has 0 aromatic heterocycles. The quantitative estimate of drug-likeness (QED) is 0.691. The summed E-state index contributed by atoms with van der Waals surface area (Å²) in [7, 11) is 0. The van der Waals surface area contributed by atoms with Crippen LogP contribution in [0.5, 0.6) is 0 Å². The van der Waals surface area contributed by atoms with E-state index >= 15 is 0 Å². The van der Waals surface area contributed by atoms with Crippen molar-refractivity contribution in [2.45, 2.75) is 5.75 Å². The third-order valence-corrected chi connectivity index (χ3v) is 5.64. The summed E-state index contributed by atoms with van der Waals surface area (Å²) in [6.45, 7) is 1.07. The largest absolute Gasteiger partial charge is 0.286 e. The minimum atomic E-state index is -0.350. The summed E-state index contributed by atoms with van der Waals surface area (Å²) in [6, 6.07) is 11.9. The van der Waals surface area contributed by atoms with Gasteiger partial charge in [-0.05, 0) is 40.2 Å². The van der Waals surface area contributed by atoms with E-state index < -0.39 is 0 Å². The molecule has 7 heteroatoms. The fourth-order valence-electron chi connectivity index (χ4n) is 2.33. The zero-order valence-corrected chi connectivity index (χ0v) is 15.7. The number of halogens is 3. The summed E-state index contributed by atoms with van der Waals surface area (Å²) in [4.78, 5) is 18.7. The SMILES string of the molecule is O=C(c1ccccc1Br)N1CCN=C1SCc1c(F)cccc1Cl. The molecule has 1 aliphatic rings. The van der Waals surface area contributed by atoms with E-state index in [1.807, 2.05) is 18.2 Å². The second-order valence-electron chi connectivity index (χ2n) is 5.09. The average Bonchev–Trinajstić information content (AvgIpc) is 3.03. The van der Waals surface area contributed by atoms with E-state index in [0.717, 1.165) is 4.47 Å². The first-order valence-electron chi connectivity index (χ1n) is 7.24. The third-order valence-electron chi connectivity index (χ3n) is 3.56. The number of amidine groups is 1. The van der Waals surface area contributed by atoms with E-state index in [2.05, 4.69) is 20.9 Å². The summed E-state index contributed by atoms with van der Waals surface area (Å²) in [5, 5.41) is 0.972. The molecule has 0 N–H and O–H groups in total. The first kappa shape index (κ1) is 17.5. The van der Waals surface area contributed by atoms with Crippen molar-refractivity contribution in [3.63, 3.8) is 0 Å². The van der Waals surface area contributed by atoms with Crippen molar-refractivity contribution < 1.29 is 9.18 Å². The first-order chi connectivity index (χ1) is 11.6. The van der Waals surface area contributed by atoms with Crippen molar-refractivity contribution in [1.29, 1.82) is 0 Å². The Morgan fingerprint density at radius 3 is 2.83 bits per heavy atom. The van der Waals surface area contributed by atoms with Gasteiger partial charge in [-0.1, -0.05) is 41.6 Å². The van der Waals surface area contributed by atoms with Crippen LogP contribution in [0.4, 0.5) is 4.39 Å². The first-order valence-corrected chi connectivity index (χ1v) is 9.40. The monoisotopic (exact) mass is 426 g/mol. The molecular formula is C17H13BrClFN2OS. The van der Waals surface area contributed by atoms with Gasteiger partial charge in [-0.25, -0.2) is 4.39 Å². The molecule has 124 valence electrons. The van der Waals surface area contributed by atoms with Crippen molar-refractivity contribution in [2.75, 3.05) is 13.1 Å². The van der Waals surface area contributed by atoms with Crippen LogP contribution >= 0.6 is 39.3 Å². The fourth-order valence-corrected chi connectivity index (χ4v) is 4.17. The Morgan fingerprint density at radius 2 is 2.08 bits per heavy atom. The number of aliphatic imine (C=N–C) groups is 1. The van der Waals surface area contributed by atoms with Gasteiger partial charge in [0, 0.05) is 27.4 Å². The zero-order valence-electron chi connectivity index (χ0n) is 12.5. The molecular weight excluding hydrogens is 415 g/mol. The van der Waals surface area contributed by atoms with Gasteiger partial charge in [-0.2, -0.15) is 0 Å². The summed E-state index contributed by atoms with van der Waals surface area (Å²) in [6.07, 6.45) is 0. The molecule has 0 aliphatic carbocycles. The van der Waals surface area contributed by atoms with E-state index in [0.29, 0.717) is 40.2 Å². The lowest BCUT2D eigenvalue weighted by Crippen LogP contribution is -2.33. The maximum atomic E-state index is 13.9. The van der Waals surface area contributed by atoms with Crippen LogP contribution in [0.1, 0.15) is 15.9 Å². The Kier molecular flexibility index (Phi) is 5.58. The predicted molar refractivity (Wildman–Crippen MR) is 100 cm³/mol. The molecule has 1 amide bonds. The van der Waals surface area contributed by atoms with Gasteiger partial charge in [0.25, 0.3) is 5.91 Å². The average molecular weight is 428 g/mol. The molecule has 0 fully saturated rings. The Morgan fingerprint density at radius 1 is 1.29 bits per heavy atom. The number of amides is 1. The molecule has 1 aliphatic heterocycles. The second kappa shape index (κ2) is 7.68. The lowest BCUT2D eigenvalue weighted by atomic mass is 10.2. The van der Waals surface area contributed by atoms with Crippen LogP contribution in [0, 0.1) is 5.82 Å². The number of hydrogen-bond acceptors (Lipinski definition) is 3. The number of hydrogen-bond donors (Lipinski definition) is 0. The molecule has 0 saturated heterocycles. The summed E-state index contributed by atoms with van der Waals surface area (Å²) in [5.74, 6) is -0.146. The van der Waals surface area contributed by atoms with Crippen LogP contribution in [-0.2, 0) is 5.75 Å². The van der Waals surface area contributed by atoms with E-state index in [1.165, 1.54) is 17.8 Å². The van der Waals surface area contributed by atoms with Crippen LogP contribution in [0.15, 0.2) is 51.9 Å². The van der Waals surface area contributed by atoms with Crippen molar-refractivity contribution in [3.8, 4) is 0 Å². The van der Waals surface area contributed by atoms with Crippen molar-refractivity contribution >= 4 is 50.4 Å². The number of carbonyl (C=O) groups excluding carboxylic acids is 1. The van der Waals surface area contributed by atoms with E-state index in [-0.39, 0.29) is 11.7 Å². The van der Waals surface area contributed by atoms with Gasteiger partial charge in [-0.3, -0.25) is 14.7 Å². The number of nitrogens with zero attached hydrogens (tertiary/aromatic N) is 2. The highest BCUT2D eigenvalue weighted by molar-refractivity contribution is 9.10. The number of benzene rings is 2. The lowest BCUT2D eigenvalue weighted by Gasteiger charge is -2.18. The van der Waals surface area contributed by atoms with Gasteiger partial charge >= 0.3 is 0 Å². The van der Waals surface area contributed by atoms with Crippen LogP contribution < -0.4 is 0 Å². The Labute approximate surface area is 157 Å².